The number of aryl methyl sites for hydroxylation is 1. The molecule has 0 saturated heterocycles. The van der Waals surface area contributed by atoms with Gasteiger partial charge >= 0.3 is 0 Å². The van der Waals surface area contributed by atoms with Crippen LogP contribution in [0.4, 0.5) is 0 Å². The topological polar surface area (TPSA) is 95.2 Å². The summed E-state index contributed by atoms with van der Waals surface area (Å²) in [6.07, 6.45) is 1.57. The van der Waals surface area contributed by atoms with Crippen molar-refractivity contribution in [2.75, 3.05) is 20.1 Å². The number of hydrogen-bond donors (Lipinski definition) is 2. The van der Waals surface area contributed by atoms with Crippen LogP contribution < -0.4 is 5.32 Å². The molecule has 1 aromatic heterocycles. The lowest BCUT2D eigenvalue weighted by atomic mass is 10.2. The number of H-pyrrole nitrogens is 1. The quantitative estimate of drug-likeness (QED) is 0.641. The number of nitrogens with one attached hydrogen (secondary N) is 2. The summed E-state index contributed by atoms with van der Waals surface area (Å²) in [5.74, 6) is 5.34. The first-order chi connectivity index (χ1) is 13.4. The van der Waals surface area contributed by atoms with E-state index < -0.39 is 15.9 Å². The molecule has 3 aromatic rings. The second-order valence-corrected chi connectivity index (χ2v) is 8.32. The zero-order valence-corrected chi connectivity index (χ0v) is 16.4. The molecule has 28 heavy (non-hydrogen) atoms. The largest absolute Gasteiger partial charge is 0.344 e. The third kappa shape index (κ3) is 4.39. The normalized spacial score (nSPS) is 11.2. The molecule has 0 fully saturated rings. The highest BCUT2D eigenvalue weighted by atomic mass is 32.2. The molecule has 0 bridgehead atoms. The average molecular weight is 396 g/mol. The molecular weight excluding hydrogens is 376 g/mol. The number of amides is 1. The molecule has 0 aliphatic heterocycles. The number of carbonyl (C=O) groups excluding carboxylic acids is 1. The first-order valence-corrected chi connectivity index (χ1v) is 10.0. The number of rotatable bonds is 5. The summed E-state index contributed by atoms with van der Waals surface area (Å²) >= 11 is 0. The number of nitrogens with zero attached hydrogens (tertiary/aromatic N) is 2. The average Bonchev–Trinajstić information content (AvgIpc) is 3.13. The molecule has 0 unspecified atom stereocenters. The van der Waals surface area contributed by atoms with E-state index in [0.717, 1.165) is 15.4 Å². The van der Waals surface area contributed by atoms with Crippen LogP contribution in [-0.2, 0) is 14.8 Å². The van der Waals surface area contributed by atoms with Crippen LogP contribution in [0.3, 0.4) is 0 Å². The molecule has 8 heteroatoms. The Morgan fingerprint density at radius 3 is 2.75 bits per heavy atom. The molecule has 1 heterocycles. The summed E-state index contributed by atoms with van der Waals surface area (Å²) in [5, 5.41) is 9.94. The molecule has 2 aromatic carbocycles. The van der Waals surface area contributed by atoms with Crippen molar-refractivity contribution in [3.63, 3.8) is 0 Å². The molecule has 0 atom stereocenters. The minimum Gasteiger partial charge on any atom is -0.344 e. The van der Waals surface area contributed by atoms with Gasteiger partial charge in [0.2, 0.25) is 15.9 Å². The number of likely N-dealkylation sites (N-methyl/N-ethyl adjacent to an activating group) is 1. The van der Waals surface area contributed by atoms with Gasteiger partial charge in [-0.1, -0.05) is 30.0 Å². The van der Waals surface area contributed by atoms with Gasteiger partial charge in [-0.3, -0.25) is 9.89 Å². The van der Waals surface area contributed by atoms with Gasteiger partial charge in [0.1, 0.15) is 4.90 Å². The highest BCUT2D eigenvalue weighted by Crippen LogP contribution is 2.25. The maximum Gasteiger partial charge on any atom is 0.245 e. The second-order valence-electron chi connectivity index (χ2n) is 6.30. The van der Waals surface area contributed by atoms with Gasteiger partial charge in [0.25, 0.3) is 0 Å². The molecule has 0 aliphatic rings. The van der Waals surface area contributed by atoms with Crippen LogP contribution >= 0.6 is 0 Å². The summed E-state index contributed by atoms with van der Waals surface area (Å²) in [7, 11) is -2.49. The minimum atomic E-state index is -3.86. The van der Waals surface area contributed by atoms with Crippen LogP contribution in [0.15, 0.2) is 53.6 Å². The van der Waals surface area contributed by atoms with Crippen LogP contribution in [0.25, 0.3) is 10.9 Å². The summed E-state index contributed by atoms with van der Waals surface area (Å²) in [6, 6.07) is 12.8. The van der Waals surface area contributed by atoms with Crippen molar-refractivity contribution in [2.24, 2.45) is 0 Å². The van der Waals surface area contributed by atoms with E-state index in [1.165, 1.54) is 7.05 Å². The smallest absolute Gasteiger partial charge is 0.245 e. The Morgan fingerprint density at radius 2 is 2.00 bits per heavy atom. The molecule has 0 saturated carbocycles. The first kappa shape index (κ1) is 19.6. The highest BCUT2D eigenvalue weighted by molar-refractivity contribution is 7.89. The van der Waals surface area contributed by atoms with E-state index in [9.17, 15) is 13.2 Å². The molecule has 144 valence electrons. The fourth-order valence-electron chi connectivity index (χ4n) is 2.69. The Hall–Kier alpha value is -3.15. The fraction of sp³-hybridized carbons (Fsp3) is 0.200. The predicted molar refractivity (Wildman–Crippen MR) is 107 cm³/mol. The molecule has 0 aliphatic carbocycles. The van der Waals surface area contributed by atoms with Crippen molar-refractivity contribution in [2.45, 2.75) is 11.8 Å². The summed E-state index contributed by atoms with van der Waals surface area (Å²) in [6.45, 7) is 1.64. The lowest BCUT2D eigenvalue weighted by molar-refractivity contribution is -0.120. The van der Waals surface area contributed by atoms with Crippen molar-refractivity contribution in [1.82, 2.24) is 19.8 Å². The van der Waals surface area contributed by atoms with Gasteiger partial charge in [0.15, 0.2) is 0 Å². The van der Waals surface area contributed by atoms with Crippen LogP contribution in [0.5, 0.6) is 0 Å². The lowest BCUT2D eigenvalue weighted by Gasteiger charge is -2.17. The number of hydrogen-bond acceptors (Lipinski definition) is 4. The van der Waals surface area contributed by atoms with Crippen LogP contribution in [0, 0.1) is 18.8 Å². The molecule has 3 rings (SSSR count). The van der Waals surface area contributed by atoms with Crippen LogP contribution in [0.2, 0.25) is 0 Å². The maximum absolute atomic E-state index is 12.9. The monoisotopic (exact) mass is 396 g/mol. The predicted octanol–water partition coefficient (Wildman–Crippen LogP) is 1.66. The first-order valence-electron chi connectivity index (χ1n) is 8.58. The SMILES string of the molecule is Cc1cc(S(=O)(=O)N(C)CC(=O)NCC#Cc2ccccc2)c2[nH]ncc2c1. The Bertz CT molecular complexity index is 1160. The van der Waals surface area contributed by atoms with E-state index in [-0.39, 0.29) is 18.0 Å². The van der Waals surface area contributed by atoms with Crippen molar-refractivity contribution in [3.8, 4) is 11.8 Å². The van der Waals surface area contributed by atoms with Crippen LogP contribution in [0.1, 0.15) is 11.1 Å². The van der Waals surface area contributed by atoms with Gasteiger partial charge in [-0.2, -0.15) is 9.40 Å². The van der Waals surface area contributed by atoms with Gasteiger partial charge in [-0.05, 0) is 36.8 Å². The van der Waals surface area contributed by atoms with E-state index in [2.05, 4.69) is 27.4 Å². The van der Waals surface area contributed by atoms with E-state index in [1.54, 1.807) is 12.3 Å². The summed E-state index contributed by atoms with van der Waals surface area (Å²) in [5.41, 5.74) is 2.06. The Balaban J connectivity index is 1.66. The Morgan fingerprint density at radius 1 is 1.25 bits per heavy atom. The number of aromatic amines is 1. The van der Waals surface area contributed by atoms with E-state index in [4.69, 9.17) is 0 Å². The van der Waals surface area contributed by atoms with Gasteiger partial charge in [0.05, 0.1) is 24.8 Å². The lowest BCUT2D eigenvalue weighted by Crippen LogP contribution is -2.38. The molecule has 1 amide bonds. The van der Waals surface area contributed by atoms with Crippen molar-refractivity contribution < 1.29 is 13.2 Å². The third-order valence-electron chi connectivity index (χ3n) is 4.09. The standard InChI is InChI=1S/C20H20N4O3S/c1-15-11-17-13-22-23-20(17)18(12-15)28(26,27)24(2)14-19(25)21-10-6-9-16-7-4-3-5-8-16/h3-5,7-8,11-13H,10,14H2,1-2H3,(H,21,25)(H,22,23). The highest BCUT2D eigenvalue weighted by Gasteiger charge is 2.26. The summed E-state index contributed by atoms with van der Waals surface area (Å²) in [4.78, 5) is 12.2. The zero-order valence-electron chi connectivity index (χ0n) is 15.6. The van der Waals surface area contributed by atoms with E-state index in [1.807, 2.05) is 43.3 Å². The number of sulfonamides is 1. The molecule has 7 nitrogen and oxygen atoms in total. The van der Waals surface area contributed by atoms with Crippen LogP contribution in [-0.4, -0.2) is 49.0 Å². The Labute approximate surface area is 163 Å². The molecule has 2 N–H and O–H groups in total. The molecule has 0 radical (unpaired) electrons. The number of fused-ring (bicyclic) bond motifs is 1. The fourth-order valence-corrected chi connectivity index (χ4v) is 4.07. The minimum absolute atomic E-state index is 0.0965. The van der Waals surface area contributed by atoms with Gasteiger partial charge in [0, 0.05) is 18.0 Å². The maximum atomic E-state index is 12.9. The van der Waals surface area contributed by atoms with Gasteiger partial charge in [-0.15, -0.1) is 0 Å². The number of carbonyl (C=O) groups is 1. The number of benzene rings is 2. The second kappa shape index (κ2) is 8.25. The zero-order chi connectivity index (χ0) is 20.1. The number of aromatic nitrogens is 2. The van der Waals surface area contributed by atoms with Gasteiger partial charge in [-0.25, -0.2) is 8.42 Å². The molecular formula is C20H20N4O3S. The van der Waals surface area contributed by atoms with Crippen molar-refractivity contribution in [3.05, 3.63) is 59.8 Å². The molecule has 0 spiro atoms. The van der Waals surface area contributed by atoms with E-state index >= 15 is 0 Å². The third-order valence-corrected chi connectivity index (χ3v) is 5.92. The summed E-state index contributed by atoms with van der Waals surface area (Å²) < 4.78 is 26.8. The van der Waals surface area contributed by atoms with E-state index in [0.29, 0.717) is 10.9 Å². The van der Waals surface area contributed by atoms with Crippen molar-refractivity contribution in [1.29, 1.82) is 0 Å². The van der Waals surface area contributed by atoms with Gasteiger partial charge < -0.3 is 5.32 Å². The van der Waals surface area contributed by atoms with Crippen molar-refractivity contribution >= 4 is 26.8 Å². The Kier molecular flexibility index (Phi) is 5.78.